The Balaban J connectivity index is 2.02. The molecular formula is C19H25BrF2N2O4. The molecule has 156 valence electrons. The maximum atomic E-state index is 14.0. The molecule has 1 fully saturated rings. The zero-order chi connectivity index (χ0) is 21.2. The third-order valence-electron chi connectivity index (χ3n) is 4.26. The molecule has 1 aliphatic rings. The molecule has 0 bridgehead atoms. The number of benzene rings is 1. The second-order valence-electron chi connectivity index (χ2n) is 7.87. The summed E-state index contributed by atoms with van der Waals surface area (Å²) in [5.74, 6) is -1.59. The highest BCUT2D eigenvalue weighted by atomic mass is 79.9. The van der Waals surface area contributed by atoms with Crippen LogP contribution in [0.1, 0.15) is 40.2 Å². The molecule has 0 aromatic heterocycles. The molecule has 2 amide bonds. The summed E-state index contributed by atoms with van der Waals surface area (Å²) < 4.78 is 38.5. The number of hydrogen-bond donors (Lipinski definition) is 0. The molecule has 1 saturated heterocycles. The van der Waals surface area contributed by atoms with Crippen molar-refractivity contribution in [3.05, 3.63) is 33.8 Å². The minimum Gasteiger partial charge on any atom is -0.444 e. The van der Waals surface area contributed by atoms with Crippen LogP contribution in [-0.4, -0.2) is 52.8 Å². The first-order valence-corrected chi connectivity index (χ1v) is 9.75. The molecule has 2 unspecified atom stereocenters. The van der Waals surface area contributed by atoms with E-state index in [1.807, 2.05) is 0 Å². The topological polar surface area (TPSA) is 59.1 Å². The molecule has 2 rings (SSSR count). The van der Waals surface area contributed by atoms with E-state index in [0.717, 1.165) is 6.07 Å². The lowest BCUT2D eigenvalue weighted by Gasteiger charge is -2.43. The molecule has 0 radical (unpaired) electrons. The first kappa shape index (κ1) is 22.4. The average Bonchev–Trinajstić information content (AvgIpc) is 2.56. The second kappa shape index (κ2) is 8.63. The summed E-state index contributed by atoms with van der Waals surface area (Å²) in [6.07, 6.45) is -1.14. The fraction of sp³-hybridized carbons (Fsp3) is 0.579. The minimum atomic E-state index is -0.802. The van der Waals surface area contributed by atoms with Crippen LogP contribution in [0.25, 0.3) is 0 Å². The second-order valence-corrected chi connectivity index (χ2v) is 8.72. The molecule has 0 N–H and O–H groups in total. The SMILES string of the molecule is CC1CN(C(=O)OC(C)(C)C)CC(C)N1C(=O)OCc1c(F)ccc(Br)c1F. The van der Waals surface area contributed by atoms with Crippen molar-refractivity contribution in [1.82, 2.24) is 9.80 Å². The number of rotatable bonds is 2. The van der Waals surface area contributed by atoms with Crippen LogP contribution in [0.15, 0.2) is 16.6 Å². The summed E-state index contributed by atoms with van der Waals surface area (Å²) in [5.41, 5.74) is -0.937. The first-order valence-electron chi connectivity index (χ1n) is 8.96. The van der Waals surface area contributed by atoms with Crippen molar-refractivity contribution in [3.63, 3.8) is 0 Å². The fourth-order valence-electron chi connectivity index (χ4n) is 3.07. The van der Waals surface area contributed by atoms with Gasteiger partial charge < -0.3 is 14.4 Å². The van der Waals surface area contributed by atoms with Gasteiger partial charge in [-0.1, -0.05) is 0 Å². The smallest absolute Gasteiger partial charge is 0.410 e. The van der Waals surface area contributed by atoms with Crippen LogP contribution in [0.5, 0.6) is 0 Å². The summed E-state index contributed by atoms with van der Waals surface area (Å²) in [6, 6.07) is 1.65. The Labute approximate surface area is 171 Å². The van der Waals surface area contributed by atoms with E-state index in [0.29, 0.717) is 0 Å². The van der Waals surface area contributed by atoms with Gasteiger partial charge in [0.1, 0.15) is 23.8 Å². The number of carbonyl (C=O) groups excluding carboxylic acids is 2. The van der Waals surface area contributed by atoms with Crippen molar-refractivity contribution in [3.8, 4) is 0 Å². The van der Waals surface area contributed by atoms with E-state index < -0.39 is 36.0 Å². The minimum absolute atomic E-state index is 0.0904. The molecule has 1 heterocycles. The van der Waals surface area contributed by atoms with E-state index in [1.165, 1.54) is 15.9 Å². The lowest BCUT2D eigenvalue weighted by Crippen LogP contribution is -2.60. The van der Waals surface area contributed by atoms with Gasteiger partial charge >= 0.3 is 12.2 Å². The van der Waals surface area contributed by atoms with E-state index in [2.05, 4.69) is 15.9 Å². The molecule has 0 saturated carbocycles. The molecule has 1 aromatic carbocycles. The van der Waals surface area contributed by atoms with Gasteiger partial charge in [-0.15, -0.1) is 0 Å². The molecule has 9 heteroatoms. The third-order valence-corrected chi connectivity index (χ3v) is 4.87. The maximum absolute atomic E-state index is 14.0. The number of hydrogen-bond acceptors (Lipinski definition) is 4. The van der Waals surface area contributed by atoms with Crippen LogP contribution in [0, 0.1) is 11.6 Å². The molecule has 0 aliphatic carbocycles. The summed E-state index contributed by atoms with van der Waals surface area (Å²) in [7, 11) is 0. The number of piperazine rings is 1. The highest BCUT2D eigenvalue weighted by Crippen LogP contribution is 2.24. The summed E-state index contributed by atoms with van der Waals surface area (Å²) in [5, 5.41) is 0. The number of carbonyl (C=O) groups is 2. The lowest BCUT2D eigenvalue weighted by molar-refractivity contribution is -0.00995. The molecule has 1 aromatic rings. The zero-order valence-electron chi connectivity index (χ0n) is 16.6. The van der Waals surface area contributed by atoms with E-state index in [-0.39, 0.29) is 35.2 Å². The molecule has 0 spiro atoms. The number of halogens is 3. The van der Waals surface area contributed by atoms with Crippen molar-refractivity contribution in [1.29, 1.82) is 0 Å². The van der Waals surface area contributed by atoms with Crippen LogP contribution in [0.3, 0.4) is 0 Å². The normalized spacial score (nSPS) is 20.1. The average molecular weight is 463 g/mol. The predicted molar refractivity (Wildman–Crippen MR) is 103 cm³/mol. The van der Waals surface area contributed by atoms with Gasteiger partial charge in [-0.2, -0.15) is 0 Å². The van der Waals surface area contributed by atoms with E-state index in [9.17, 15) is 18.4 Å². The Bertz CT molecular complexity index is 742. The lowest BCUT2D eigenvalue weighted by atomic mass is 10.1. The van der Waals surface area contributed by atoms with Crippen molar-refractivity contribution >= 4 is 28.1 Å². The quantitative estimate of drug-likeness (QED) is 0.597. The number of nitrogens with zero attached hydrogens (tertiary/aromatic N) is 2. The highest BCUT2D eigenvalue weighted by molar-refractivity contribution is 9.10. The monoisotopic (exact) mass is 462 g/mol. The summed E-state index contributed by atoms with van der Waals surface area (Å²) >= 11 is 2.98. The Kier molecular flexibility index (Phi) is 6.90. The Morgan fingerprint density at radius 1 is 1.14 bits per heavy atom. The van der Waals surface area contributed by atoms with Crippen molar-refractivity contribution < 1.29 is 27.8 Å². The molecule has 1 aliphatic heterocycles. The first-order chi connectivity index (χ1) is 12.9. The van der Waals surface area contributed by atoms with Crippen LogP contribution >= 0.6 is 15.9 Å². The van der Waals surface area contributed by atoms with E-state index in [1.54, 1.807) is 34.6 Å². The molecule has 2 atom stereocenters. The van der Waals surface area contributed by atoms with Crippen LogP contribution in [-0.2, 0) is 16.1 Å². The van der Waals surface area contributed by atoms with Crippen LogP contribution < -0.4 is 0 Å². The Hall–Kier alpha value is -1.90. The van der Waals surface area contributed by atoms with Gasteiger partial charge in [-0.25, -0.2) is 18.4 Å². The van der Waals surface area contributed by atoms with Gasteiger partial charge in [0, 0.05) is 13.1 Å². The van der Waals surface area contributed by atoms with Gasteiger partial charge in [0.25, 0.3) is 0 Å². The van der Waals surface area contributed by atoms with Crippen molar-refractivity contribution in [2.24, 2.45) is 0 Å². The Morgan fingerprint density at radius 3 is 2.25 bits per heavy atom. The van der Waals surface area contributed by atoms with Crippen molar-refractivity contribution in [2.45, 2.75) is 58.9 Å². The highest BCUT2D eigenvalue weighted by Gasteiger charge is 2.37. The zero-order valence-corrected chi connectivity index (χ0v) is 18.2. The molecular weight excluding hydrogens is 438 g/mol. The standard InChI is InChI=1S/C19H25BrF2N2O4/c1-11-8-23(17(25)28-19(3,4)5)9-12(2)24(11)18(26)27-10-13-15(21)7-6-14(20)16(13)22/h6-7,11-12H,8-10H2,1-5H3. The number of ether oxygens (including phenoxy) is 2. The van der Waals surface area contributed by atoms with Gasteiger partial charge in [0.15, 0.2) is 0 Å². The van der Waals surface area contributed by atoms with Crippen molar-refractivity contribution in [2.75, 3.05) is 13.1 Å². The largest absolute Gasteiger partial charge is 0.444 e. The third kappa shape index (κ3) is 5.33. The van der Waals surface area contributed by atoms with Gasteiger partial charge in [-0.05, 0) is 62.7 Å². The van der Waals surface area contributed by atoms with Gasteiger partial charge in [-0.3, -0.25) is 4.90 Å². The van der Waals surface area contributed by atoms with Crippen LogP contribution in [0.4, 0.5) is 18.4 Å². The van der Waals surface area contributed by atoms with E-state index >= 15 is 0 Å². The van der Waals surface area contributed by atoms with Crippen LogP contribution in [0.2, 0.25) is 0 Å². The number of amides is 2. The predicted octanol–water partition coefficient (Wildman–Crippen LogP) is 4.69. The molecule has 28 heavy (non-hydrogen) atoms. The maximum Gasteiger partial charge on any atom is 0.410 e. The van der Waals surface area contributed by atoms with E-state index in [4.69, 9.17) is 9.47 Å². The van der Waals surface area contributed by atoms with Gasteiger partial charge in [0.05, 0.1) is 22.1 Å². The summed E-state index contributed by atoms with van der Waals surface area (Å²) in [6.45, 7) is 8.91. The fourth-order valence-corrected chi connectivity index (χ4v) is 3.44. The van der Waals surface area contributed by atoms with Gasteiger partial charge in [0.2, 0.25) is 0 Å². The summed E-state index contributed by atoms with van der Waals surface area (Å²) in [4.78, 5) is 27.8. The molecule has 6 nitrogen and oxygen atoms in total. The Morgan fingerprint density at radius 2 is 1.71 bits per heavy atom.